The molecule has 3 heteroatoms. The Hall–Kier alpha value is -1.09. The molecule has 1 atom stereocenters. The van der Waals surface area contributed by atoms with Crippen molar-refractivity contribution < 1.29 is 14.2 Å². The molecule has 14 heavy (non-hydrogen) atoms. The van der Waals surface area contributed by atoms with Gasteiger partial charge in [-0.05, 0) is 18.6 Å². The van der Waals surface area contributed by atoms with Crippen molar-refractivity contribution in [3.63, 3.8) is 0 Å². The number of hydrogen-bond donors (Lipinski definition) is 1. The lowest BCUT2D eigenvalue weighted by molar-refractivity contribution is 0.0932. The maximum atomic E-state index is 11.8. The van der Waals surface area contributed by atoms with Crippen molar-refractivity contribution in [3.8, 4) is 5.75 Å². The summed E-state index contributed by atoms with van der Waals surface area (Å²) in [6, 6.07) is 7.54. The Morgan fingerprint density at radius 2 is 2.14 bits per heavy atom. The predicted molar refractivity (Wildman–Crippen MR) is 53.3 cm³/mol. The summed E-state index contributed by atoms with van der Waals surface area (Å²) in [7, 11) is 0. The van der Waals surface area contributed by atoms with Crippen LogP contribution < -0.4 is 4.74 Å². The van der Waals surface area contributed by atoms with Crippen LogP contribution in [-0.2, 0) is 0 Å². The Morgan fingerprint density at radius 1 is 1.43 bits per heavy atom. The largest absolute Gasteiger partial charge is 0.491 e. The fourth-order valence-electron chi connectivity index (χ4n) is 1.11. The average Bonchev–Trinajstić information content (AvgIpc) is 2.17. The first-order valence-corrected chi connectivity index (χ1v) is 4.66. The van der Waals surface area contributed by atoms with Crippen molar-refractivity contribution >= 4 is 0 Å². The first kappa shape index (κ1) is 11.0. The Labute approximate surface area is 83.3 Å². The lowest BCUT2D eigenvalue weighted by Gasteiger charge is -2.12. The zero-order valence-electron chi connectivity index (χ0n) is 8.24. The summed E-state index contributed by atoms with van der Waals surface area (Å²) in [5.41, 5.74) is 1.01. The molecule has 1 N–H and O–H groups in total. The fraction of sp³-hybridized carbons (Fsp3) is 0.455. The smallest absolute Gasteiger partial charge is 0.122 e. The predicted octanol–water partition coefficient (Wildman–Crippen LogP) is 2.09. The Bertz CT molecular complexity index is 276. The molecule has 0 aliphatic heterocycles. The summed E-state index contributed by atoms with van der Waals surface area (Å²) in [6.45, 7) is 1.56. The van der Waals surface area contributed by atoms with Gasteiger partial charge in [0.15, 0.2) is 0 Å². The molecule has 0 heterocycles. The maximum absolute atomic E-state index is 11.8. The summed E-state index contributed by atoms with van der Waals surface area (Å²) in [4.78, 5) is 0. The van der Waals surface area contributed by atoms with E-state index < -0.39 is 12.8 Å². The highest BCUT2D eigenvalue weighted by Gasteiger charge is 2.05. The highest BCUT2D eigenvalue weighted by atomic mass is 19.1. The number of rotatable bonds is 5. The van der Waals surface area contributed by atoms with Crippen molar-refractivity contribution in [1.82, 2.24) is 0 Å². The SMILES string of the molecule is Cc1ccccc1OCC(O)CCF. The number of hydrogen-bond acceptors (Lipinski definition) is 2. The molecule has 0 aliphatic rings. The molecule has 0 aromatic heterocycles. The van der Waals surface area contributed by atoms with Crippen LogP contribution in [-0.4, -0.2) is 24.5 Å². The van der Waals surface area contributed by atoms with Gasteiger partial charge >= 0.3 is 0 Å². The quantitative estimate of drug-likeness (QED) is 0.785. The van der Waals surface area contributed by atoms with E-state index in [1.54, 1.807) is 0 Å². The second-order valence-corrected chi connectivity index (χ2v) is 3.21. The Morgan fingerprint density at radius 3 is 2.79 bits per heavy atom. The molecule has 0 amide bonds. The summed E-state index contributed by atoms with van der Waals surface area (Å²) < 4.78 is 17.2. The van der Waals surface area contributed by atoms with E-state index in [0.717, 1.165) is 11.3 Å². The first-order valence-electron chi connectivity index (χ1n) is 4.66. The normalized spacial score (nSPS) is 12.5. The summed E-state index contributed by atoms with van der Waals surface area (Å²) in [5.74, 6) is 0.741. The van der Waals surface area contributed by atoms with Crippen LogP contribution in [0.3, 0.4) is 0 Å². The van der Waals surface area contributed by atoms with E-state index in [0.29, 0.717) is 0 Å². The lowest BCUT2D eigenvalue weighted by Crippen LogP contribution is -2.18. The van der Waals surface area contributed by atoms with Crippen LogP contribution in [0.4, 0.5) is 4.39 Å². The number of alkyl halides is 1. The van der Waals surface area contributed by atoms with Gasteiger partial charge in [0.1, 0.15) is 12.4 Å². The molecule has 78 valence electrons. The highest BCUT2D eigenvalue weighted by Crippen LogP contribution is 2.16. The Balaban J connectivity index is 2.41. The summed E-state index contributed by atoms with van der Waals surface area (Å²) >= 11 is 0. The fourth-order valence-corrected chi connectivity index (χ4v) is 1.11. The third-order valence-electron chi connectivity index (χ3n) is 1.97. The van der Waals surface area contributed by atoms with Gasteiger partial charge in [-0.15, -0.1) is 0 Å². The van der Waals surface area contributed by atoms with Crippen LogP contribution in [0.5, 0.6) is 5.75 Å². The van der Waals surface area contributed by atoms with Crippen LogP contribution in [0.1, 0.15) is 12.0 Å². The van der Waals surface area contributed by atoms with Crippen LogP contribution in [0, 0.1) is 6.92 Å². The number of aliphatic hydroxyl groups is 1. The van der Waals surface area contributed by atoms with Crippen LogP contribution in [0.2, 0.25) is 0 Å². The van der Waals surface area contributed by atoms with E-state index in [1.165, 1.54) is 0 Å². The van der Waals surface area contributed by atoms with E-state index in [2.05, 4.69) is 0 Å². The van der Waals surface area contributed by atoms with Gasteiger partial charge < -0.3 is 9.84 Å². The van der Waals surface area contributed by atoms with E-state index in [4.69, 9.17) is 4.74 Å². The van der Waals surface area contributed by atoms with E-state index in [-0.39, 0.29) is 13.0 Å². The molecule has 0 bridgehead atoms. The molecule has 1 aromatic carbocycles. The third kappa shape index (κ3) is 3.34. The number of aliphatic hydroxyl groups excluding tert-OH is 1. The average molecular weight is 198 g/mol. The molecule has 0 saturated carbocycles. The number of aryl methyl sites for hydroxylation is 1. The van der Waals surface area contributed by atoms with E-state index in [1.807, 2.05) is 31.2 Å². The molecule has 0 aliphatic carbocycles. The molecular formula is C11H15FO2. The van der Waals surface area contributed by atoms with Crippen molar-refractivity contribution in [2.24, 2.45) is 0 Å². The van der Waals surface area contributed by atoms with Gasteiger partial charge in [-0.2, -0.15) is 0 Å². The highest BCUT2D eigenvalue weighted by molar-refractivity contribution is 5.31. The molecule has 0 spiro atoms. The number of para-hydroxylation sites is 1. The number of ether oxygens (including phenoxy) is 1. The number of halogens is 1. The standard InChI is InChI=1S/C11H15FO2/c1-9-4-2-3-5-11(9)14-8-10(13)6-7-12/h2-5,10,13H,6-8H2,1H3. The van der Waals surface area contributed by atoms with Crippen molar-refractivity contribution in [2.75, 3.05) is 13.3 Å². The second kappa shape index (κ2) is 5.60. The molecule has 0 fully saturated rings. The van der Waals surface area contributed by atoms with Crippen molar-refractivity contribution in [3.05, 3.63) is 29.8 Å². The van der Waals surface area contributed by atoms with E-state index in [9.17, 15) is 9.50 Å². The third-order valence-corrected chi connectivity index (χ3v) is 1.97. The molecule has 0 radical (unpaired) electrons. The van der Waals surface area contributed by atoms with Crippen molar-refractivity contribution in [2.45, 2.75) is 19.4 Å². The van der Waals surface area contributed by atoms with Gasteiger partial charge in [0, 0.05) is 6.42 Å². The molecule has 2 nitrogen and oxygen atoms in total. The van der Waals surface area contributed by atoms with Gasteiger partial charge in [-0.1, -0.05) is 18.2 Å². The monoisotopic (exact) mass is 198 g/mol. The van der Waals surface area contributed by atoms with Crippen molar-refractivity contribution in [1.29, 1.82) is 0 Å². The topological polar surface area (TPSA) is 29.5 Å². The molecule has 1 aromatic rings. The first-order chi connectivity index (χ1) is 6.74. The van der Waals surface area contributed by atoms with Gasteiger partial charge in [-0.3, -0.25) is 4.39 Å². The van der Waals surface area contributed by atoms with Gasteiger partial charge in [-0.25, -0.2) is 0 Å². The maximum Gasteiger partial charge on any atom is 0.122 e. The van der Waals surface area contributed by atoms with Gasteiger partial charge in [0.05, 0.1) is 12.8 Å². The van der Waals surface area contributed by atoms with Crippen LogP contribution >= 0.6 is 0 Å². The molecular weight excluding hydrogens is 183 g/mol. The van der Waals surface area contributed by atoms with E-state index >= 15 is 0 Å². The second-order valence-electron chi connectivity index (χ2n) is 3.21. The summed E-state index contributed by atoms with van der Waals surface area (Å²) in [6.07, 6.45) is -0.592. The number of benzene rings is 1. The summed E-state index contributed by atoms with van der Waals surface area (Å²) in [5, 5.41) is 9.24. The van der Waals surface area contributed by atoms with Crippen LogP contribution in [0.25, 0.3) is 0 Å². The molecule has 0 saturated heterocycles. The Kier molecular flexibility index (Phi) is 4.40. The van der Waals surface area contributed by atoms with Crippen LogP contribution in [0.15, 0.2) is 24.3 Å². The minimum absolute atomic E-state index is 0.131. The minimum Gasteiger partial charge on any atom is -0.491 e. The zero-order valence-corrected chi connectivity index (χ0v) is 8.24. The molecule has 1 unspecified atom stereocenters. The lowest BCUT2D eigenvalue weighted by atomic mass is 10.2. The molecule has 1 rings (SSSR count). The van der Waals surface area contributed by atoms with Gasteiger partial charge in [0.2, 0.25) is 0 Å². The zero-order chi connectivity index (χ0) is 10.4. The van der Waals surface area contributed by atoms with Gasteiger partial charge in [0.25, 0.3) is 0 Å². The minimum atomic E-state index is -0.723.